The van der Waals surface area contributed by atoms with Crippen molar-refractivity contribution in [2.24, 2.45) is 0 Å². The maximum Gasteiger partial charge on any atom is 0.202 e. The second kappa shape index (κ2) is 6.68. The number of rotatable bonds is 5. The lowest BCUT2D eigenvalue weighted by Gasteiger charge is -2.05. The first-order valence-corrected chi connectivity index (χ1v) is 8.20. The van der Waals surface area contributed by atoms with E-state index in [2.05, 4.69) is 38.8 Å². The Bertz CT molecular complexity index is 576. The zero-order valence-electron chi connectivity index (χ0n) is 10.3. The molecule has 0 radical (unpaired) electrons. The molecule has 0 saturated heterocycles. The van der Waals surface area contributed by atoms with Gasteiger partial charge in [0.05, 0.1) is 7.57 Å². The van der Waals surface area contributed by atoms with Gasteiger partial charge < -0.3 is 4.74 Å². The molecular weight excluding hydrogens is 392 g/mol. The van der Waals surface area contributed by atoms with Crippen LogP contribution in [0.25, 0.3) is 0 Å². The summed E-state index contributed by atoms with van der Waals surface area (Å²) in [5, 5.41) is 0. The van der Waals surface area contributed by atoms with Crippen molar-refractivity contribution in [3.05, 3.63) is 49.0 Å². The van der Waals surface area contributed by atoms with Gasteiger partial charge in [0.15, 0.2) is 6.61 Å². The van der Waals surface area contributed by atoms with Gasteiger partial charge in [-0.1, -0.05) is 19.1 Å². The van der Waals surface area contributed by atoms with E-state index in [1.54, 1.807) is 6.07 Å². The number of halogens is 2. The van der Waals surface area contributed by atoms with Gasteiger partial charge in [-0.25, -0.2) is 0 Å². The Morgan fingerprint density at radius 2 is 1.95 bits per heavy atom. The van der Waals surface area contributed by atoms with Crippen molar-refractivity contribution in [2.75, 3.05) is 6.61 Å². The maximum atomic E-state index is 12.0. The van der Waals surface area contributed by atoms with Crippen LogP contribution in [0.2, 0.25) is 0 Å². The largest absolute Gasteiger partial charge is 0.485 e. The molecule has 2 rings (SSSR count). The summed E-state index contributed by atoms with van der Waals surface area (Å²) in [5.74, 6) is 0.685. The first-order valence-electron chi connectivity index (χ1n) is 5.80. The summed E-state index contributed by atoms with van der Waals surface area (Å²) in [4.78, 5) is 12.0. The van der Waals surface area contributed by atoms with Gasteiger partial charge in [-0.2, -0.15) is 0 Å². The predicted octanol–water partition coefficient (Wildman–Crippen LogP) is 5.10. The van der Waals surface area contributed by atoms with Gasteiger partial charge in [0, 0.05) is 5.56 Å². The lowest BCUT2D eigenvalue weighted by Crippen LogP contribution is -2.11. The van der Waals surface area contributed by atoms with Crippen LogP contribution in [0.1, 0.15) is 22.8 Å². The monoisotopic (exact) mass is 402 g/mol. The lowest BCUT2D eigenvalue weighted by molar-refractivity contribution is 0.0921. The average molecular weight is 404 g/mol. The minimum absolute atomic E-state index is 0.0339. The summed E-state index contributed by atoms with van der Waals surface area (Å²) in [5.41, 5.74) is 1.91. The van der Waals surface area contributed by atoms with E-state index in [-0.39, 0.29) is 12.4 Å². The number of thiophene rings is 1. The van der Waals surface area contributed by atoms with Gasteiger partial charge in [0.25, 0.3) is 0 Å². The second-order valence-electron chi connectivity index (χ2n) is 3.95. The zero-order chi connectivity index (χ0) is 13.8. The maximum absolute atomic E-state index is 12.0. The van der Waals surface area contributed by atoms with Crippen LogP contribution in [0.3, 0.4) is 0 Å². The third kappa shape index (κ3) is 3.91. The van der Waals surface area contributed by atoms with Crippen LogP contribution in [-0.4, -0.2) is 12.4 Å². The number of benzene rings is 1. The molecular formula is C14H12Br2O2S. The molecule has 0 amide bonds. The van der Waals surface area contributed by atoms with Gasteiger partial charge in [-0.3, -0.25) is 4.79 Å². The van der Waals surface area contributed by atoms with Gasteiger partial charge in [0.1, 0.15) is 5.75 Å². The van der Waals surface area contributed by atoms with Gasteiger partial charge in [-0.15, -0.1) is 11.3 Å². The van der Waals surface area contributed by atoms with Gasteiger partial charge >= 0.3 is 0 Å². The van der Waals surface area contributed by atoms with E-state index in [9.17, 15) is 4.79 Å². The summed E-state index contributed by atoms with van der Waals surface area (Å²) >= 11 is 8.21. The van der Waals surface area contributed by atoms with E-state index in [1.165, 1.54) is 16.9 Å². The highest BCUT2D eigenvalue weighted by molar-refractivity contribution is 9.12. The highest BCUT2D eigenvalue weighted by Gasteiger charge is 2.14. The Hall–Kier alpha value is -0.650. The fourth-order valence-corrected chi connectivity index (χ4v) is 4.43. The highest BCUT2D eigenvalue weighted by atomic mass is 79.9. The third-order valence-corrected chi connectivity index (χ3v) is 5.00. The molecule has 0 aliphatic rings. The average Bonchev–Trinajstić information content (AvgIpc) is 2.75. The molecule has 0 unspecified atom stereocenters. The normalized spacial score (nSPS) is 10.5. The Balaban J connectivity index is 1.98. The fourth-order valence-electron chi connectivity index (χ4n) is 1.58. The third-order valence-electron chi connectivity index (χ3n) is 2.66. The number of carbonyl (C=O) groups excluding carboxylic acids is 1. The molecule has 2 nitrogen and oxygen atoms in total. The predicted molar refractivity (Wildman–Crippen MR) is 85.4 cm³/mol. The second-order valence-corrected chi connectivity index (χ2v) is 7.70. The Morgan fingerprint density at radius 1 is 1.26 bits per heavy atom. The summed E-state index contributed by atoms with van der Waals surface area (Å²) in [6.07, 6.45) is 0.995. The molecule has 0 atom stereocenters. The van der Waals surface area contributed by atoms with E-state index in [0.717, 1.165) is 19.7 Å². The first-order chi connectivity index (χ1) is 9.10. The van der Waals surface area contributed by atoms with Crippen molar-refractivity contribution < 1.29 is 9.53 Å². The van der Waals surface area contributed by atoms with Crippen LogP contribution < -0.4 is 4.74 Å². The van der Waals surface area contributed by atoms with Gasteiger partial charge in [0.2, 0.25) is 5.78 Å². The Morgan fingerprint density at radius 3 is 2.47 bits per heavy atom. The molecule has 1 aromatic heterocycles. The standard InChI is InChI=1S/C14H12Br2O2S/c1-2-9-3-5-10(6-4-9)18-8-12(17)11-7-13(15)19-14(11)16/h3-7H,2,8H2,1H3. The summed E-state index contributed by atoms with van der Waals surface area (Å²) in [6.45, 7) is 2.15. The molecule has 2 aromatic rings. The van der Waals surface area contributed by atoms with Crippen molar-refractivity contribution in [1.29, 1.82) is 0 Å². The Labute approximate surface area is 133 Å². The molecule has 0 bridgehead atoms. The molecule has 0 aliphatic heterocycles. The van der Waals surface area contributed by atoms with Crippen molar-refractivity contribution >= 4 is 49.0 Å². The van der Waals surface area contributed by atoms with Crippen LogP contribution in [0.15, 0.2) is 37.9 Å². The van der Waals surface area contributed by atoms with Gasteiger partial charge in [-0.05, 0) is 62.0 Å². The minimum atomic E-state index is -0.0339. The Kier molecular flexibility index (Phi) is 5.19. The summed E-state index contributed by atoms with van der Waals surface area (Å²) in [6, 6.07) is 9.61. The number of hydrogen-bond acceptors (Lipinski definition) is 3. The summed E-state index contributed by atoms with van der Waals surface area (Å²) in [7, 11) is 0. The van der Waals surface area contributed by atoms with E-state index in [4.69, 9.17) is 4.74 Å². The van der Waals surface area contributed by atoms with E-state index >= 15 is 0 Å². The van der Waals surface area contributed by atoms with Crippen molar-refractivity contribution in [3.8, 4) is 5.75 Å². The molecule has 0 aliphatic carbocycles. The van der Waals surface area contributed by atoms with Crippen LogP contribution in [0, 0.1) is 0 Å². The smallest absolute Gasteiger partial charge is 0.202 e. The first kappa shape index (κ1) is 14.8. The number of ether oxygens (including phenoxy) is 1. The van der Waals surface area contributed by atoms with Crippen LogP contribution in [0.5, 0.6) is 5.75 Å². The quantitative estimate of drug-likeness (QED) is 0.649. The zero-order valence-corrected chi connectivity index (χ0v) is 14.3. The number of carbonyl (C=O) groups is 1. The molecule has 100 valence electrons. The van der Waals surface area contributed by atoms with Crippen LogP contribution >= 0.6 is 43.2 Å². The molecule has 1 aromatic carbocycles. The van der Waals surface area contributed by atoms with Crippen LogP contribution in [-0.2, 0) is 6.42 Å². The van der Waals surface area contributed by atoms with Crippen molar-refractivity contribution in [1.82, 2.24) is 0 Å². The number of ketones is 1. The molecule has 5 heteroatoms. The van der Waals surface area contributed by atoms with Crippen molar-refractivity contribution in [2.45, 2.75) is 13.3 Å². The van der Waals surface area contributed by atoms with E-state index < -0.39 is 0 Å². The molecule has 0 saturated carbocycles. The number of Topliss-reactive ketones (excluding diaryl/α,β-unsaturated/α-hetero) is 1. The fraction of sp³-hybridized carbons (Fsp3) is 0.214. The molecule has 0 fully saturated rings. The topological polar surface area (TPSA) is 26.3 Å². The van der Waals surface area contributed by atoms with E-state index in [1.807, 2.05) is 24.3 Å². The number of aryl methyl sites for hydroxylation is 1. The van der Waals surface area contributed by atoms with E-state index in [0.29, 0.717) is 5.56 Å². The number of hydrogen-bond donors (Lipinski definition) is 0. The molecule has 1 heterocycles. The summed E-state index contributed by atoms with van der Waals surface area (Å²) < 4.78 is 7.26. The minimum Gasteiger partial charge on any atom is -0.485 e. The lowest BCUT2D eigenvalue weighted by atomic mass is 10.2. The highest BCUT2D eigenvalue weighted by Crippen LogP contribution is 2.32. The van der Waals surface area contributed by atoms with Crippen molar-refractivity contribution in [3.63, 3.8) is 0 Å². The molecule has 0 spiro atoms. The molecule has 0 N–H and O–H groups in total. The van der Waals surface area contributed by atoms with Crippen LogP contribution in [0.4, 0.5) is 0 Å². The molecule has 19 heavy (non-hydrogen) atoms. The SMILES string of the molecule is CCc1ccc(OCC(=O)c2cc(Br)sc2Br)cc1.